The van der Waals surface area contributed by atoms with Crippen molar-refractivity contribution in [3.63, 3.8) is 0 Å². The Bertz CT molecular complexity index is 1690. The summed E-state index contributed by atoms with van der Waals surface area (Å²) in [5.41, 5.74) is -1.77. The van der Waals surface area contributed by atoms with Crippen LogP contribution in [0.5, 0.6) is 0 Å². The zero-order chi connectivity index (χ0) is 28.4. The van der Waals surface area contributed by atoms with Crippen molar-refractivity contribution >= 4 is 44.9 Å². The fourth-order valence-corrected chi connectivity index (χ4v) is 3.25. The van der Waals surface area contributed by atoms with Crippen molar-refractivity contribution in [2.75, 3.05) is 0 Å². The van der Waals surface area contributed by atoms with Crippen LogP contribution in [0.25, 0.3) is 32.3 Å². The molecule has 1 aliphatic rings. The predicted octanol–water partition coefficient (Wildman–Crippen LogP) is 5.45. The quantitative estimate of drug-likeness (QED) is 0.330. The van der Waals surface area contributed by atoms with Gasteiger partial charge in [-0.15, -0.1) is 0 Å². The van der Waals surface area contributed by atoms with Gasteiger partial charge in [-0.1, -0.05) is 66.5 Å². The number of hydrogen-bond donors (Lipinski definition) is 0. The Kier molecular flexibility index (Phi) is 1.81. The van der Waals surface area contributed by atoms with Crippen molar-refractivity contribution in [3.8, 4) is 0 Å². The molecular formula is C24H23BO2. The summed E-state index contributed by atoms with van der Waals surface area (Å²) < 4.78 is 106. The molecule has 0 aliphatic carbocycles. The van der Waals surface area contributed by atoms with E-state index in [0.717, 1.165) is 0 Å². The van der Waals surface area contributed by atoms with E-state index in [4.69, 9.17) is 24.4 Å². The number of rotatable bonds is 1. The van der Waals surface area contributed by atoms with Crippen molar-refractivity contribution in [3.05, 3.63) is 66.5 Å². The Morgan fingerprint density at radius 2 is 1.04 bits per heavy atom. The van der Waals surface area contributed by atoms with Gasteiger partial charge in [0.15, 0.2) is 0 Å². The van der Waals surface area contributed by atoms with Crippen molar-refractivity contribution in [2.24, 2.45) is 0 Å². The van der Waals surface area contributed by atoms with Gasteiger partial charge in [0, 0.05) is 0 Å². The van der Waals surface area contributed by atoms with Crippen LogP contribution in [0, 0.1) is 0 Å². The Balaban J connectivity index is 2.14. The van der Waals surface area contributed by atoms with Gasteiger partial charge in [-0.05, 0) is 65.5 Å². The third-order valence-electron chi connectivity index (χ3n) is 5.45. The summed E-state index contributed by atoms with van der Waals surface area (Å²) >= 11 is 0. The minimum absolute atomic E-state index is 0.102. The zero-order valence-electron chi connectivity index (χ0n) is 26.4. The molecule has 0 bridgehead atoms. The fraction of sp³-hybridized carbons (Fsp3) is 0.250. The minimum Gasteiger partial charge on any atom is -0.399 e. The van der Waals surface area contributed by atoms with E-state index in [2.05, 4.69) is 0 Å². The summed E-state index contributed by atoms with van der Waals surface area (Å²) in [5.74, 6) is 0. The first kappa shape index (κ1) is 8.77. The average molecular weight is 365 g/mol. The Labute approximate surface area is 175 Å². The van der Waals surface area contributed by atoms with Gasteiger partial charge >= 0.3 is 7.12 Å². The molecule has 0 radical (unpaired) electrons. The second kappa shape index (κ2) is 5.57. The summed E-state index contributed by atoms with van der Waals surface area (Å²) in [5, 5.41) is -1.02. The molecule has 1 saturated heterocycles. The molecule has 1 heterocycles. The molecule has 27 heavy (non-hydrogen) atoms. The summed E-state index contributed by atoms with van der Waals surface area (Å²) in [6.07, 6.45) is 0. The molecule has 134 valence electrons. The molecule has 0 spiro atoms. The molecular weight excluding hydrogens is 331 g/mol. The molecule has 4 aromatic rings. The van der Waals surface area contributed by atoms with Crippen molar-refractivity contribution in [1.82, 2.24) is 0 Å². The van der Waals surface area contributed by atoms with Gasteiger partial charge in [0.2, 0.25) is 0 Å². The molecule has 0 saturated carbocycles. The SMILES string of the molecule is [2H]c1c([2H])c([2H])c2c(c1[2H])c1c([2H])c([2H])c([2H])c([2H])c1c1c([2H])c(B3OC(C)(C)C(C)(C)O3)c([2H])c([2H])c21. The van der Waals surface area contributed by atoms with Crippen LogP contribution in [0.1, 0.15) is 42.8 Å². The van der Waals surface area contributed by atoms with E-state index in [1.54, 1.807) is 27.7 Å². The lowest BCUT2D eigenvalue weighted by atomic mass is 9.77. The van der Waals surface area contributed by atoms with Crippen LogP contribution in [0.2, 0.25) is 0 Å². The summed E-state index contributed by atoms with van der Waals surface area (Å²) in [6.45, 7) is 7.16. The van der Waals surface area contributed by atoms with Crippen LogP contribution in [0.15, 0.2) is 66.5 Å². The fourth-order valence-electron chi connectivity index (χ4n) is 3.25. The van der Waals surface area contributed by atoms with Crippen molar-refractivity contribution in [2.45, 2.75) is 38.9 Å². The molecule has 0 atom stereocenters. The Morgan fingerprint density at radius 3 is 1.52 bits per heavy atom. The smallest absolute Gasteiger partial charge is 0.399 e. The van der Waals surface area contributed by atoms with Gasteiger partial charge in [0.05, 0.1) is 26.3 Å². The summed E-state index contributed by atoms with van der Waals surface area (Å²) in [4.78, 5) is 0. The van der Waals surface area contributed by atoms with Gasteiger partial charge in [0.25, 0.3) is 0 Å². The van der Waals surface area contributed by atoms with E-state index >= 15 is 0 Å². The number of fused-ring (bicyclic) bond motifs is 6. The summed E-state index contributed by atoms with van der Waals surface area (Å²) in [6, 6.07) is -5.80. The highest BCUT2D eigenvalue weighted by atomic mass is 16.7. The molecule has 0 unspecified atom stereocenters. The molecule has 0 amide bonds. The number of benzene rings is 4. The molecule has 0 aromatic heterocycles. The van der Waals surface area contributed by atoms with E-state index in [1.807, 2.05) is 0 Å². The number of hydrogen-bond acceptors (Lipinski definition) is 2. The minimum atomic E-state index is -1.22. The maximum Gasteiger partial charge on any atom is 0.494 e. The summed E-state index contributed by atoms with van der Waals surface area (Å²) in [7, 11) is -1.22. The largest absolute Gasteiger partial charge is 0.494 e. The van der Waals surface area contributed by atoms with Gasteiger partial charge in [-0.2, -0.15) is 0 Å². The van der Waals surface area contributed by atoms with Crippen LogP contribution in [0.3, 0.4) is 0 Å². The van der Waals surface area contributed by atoms with Crippen LogP contribution in [-0.4, -0.2) is 18.3 Å². The second-order valence-corrected chi connectivity index (χ2v) is 7.63. The normalized spacial score (nSPS) is 24.3. The highest BCUT2D eigenvalue weighted by Gasteiger charge is 2.51. The first-order chi connectivity index (χ1) is 17.5. The lowest BCUT2D eigenvalue weighted by Crippen LogP contribution is -2.41. The highest BCUT2D eigenvalue weighted by Crippen LogP contribution is 2.38. The average Bonchev–Trinajstić information content (AvgIpc) is 3.06. The predicted molar refractivity (Wildman–Crippen MR) is 115 cm³/mol. The first-order valence-corrected chi connectivity index (χ1v) is 8.67. The first-order valence-electron chi connectivity index (χ1n) is 14.2. The van der Waals surface area contributed by atoms with E-state index in [1.165, 1.54) is 0 Å². The Hall–Kier alpha value is -2.36. The van der Waals surface area contributed by atoms with Crippen LogP contribution < -0.4 is 5.46 Å². The zero-order valence-corrected chi connectivity index (χ0v) is 15.4. The lowest BCUT2D eigenvalue weighted by Gasteiger charge is -2.32. The topological polar surface area (TPSA) is 18.5 Å². The maximum absolute atomic E-state index is 9.16. The molecule has 1 aliphatic heterocycles. The molecule has 5 rings (SSSR count). The standard InChI is InChI=1S/C24H23BO2/c1-23(2)24(3,4)27-25(26-23)16-13-14-21-19-11-6-5-9-17(19)18-10-7-8-12-20(18)22(21)15-16/h5-15H,1-4H3/i5D,6D,7D,8D,9D,10D,11D,12D,13D,14D,15D. The molecule has 4 aromatic carbocycles. The molecule has 1 fully saturated rings. The van der Waals surface area contributed by atoms with Gasteiger partial charge in [-0.3, -0.25) is 0 Å². The van der Waals surface area contributed by atoms with E-state index in [9.17, 15) is 0 Å². The molecule has 3 heteroatoms. The molecule has 0 N–H and O–H groups in total. The van der Waals surface area contributed by atoms with Crippen LogP contribution in [0.4, 0.5) is 0 Å². The molecule has 2 nitrogen and oxygen atoms in total. The monoisotopic (exact) mass is 365 g/mol. The van der Waals surface area contributed by atoms with Crippen LogP contribution >= 0.6 is 0 Å². The maximum atomic E-state index is 9.16. The van der Waals surface area contributed by atoms with Gasteiger partial charge < -0.3 is 9.31 Å². The highest BCUT2D eigenvalue weighted by molar-refractivity contribution is 6.62. The van der Waals surface area contributed by atoms with E-state index in [0.29, 0.717) is 0 Å². The van der Waals surface area contributed by atoms with E-state index in [-0.39, 0.29) is 43.8 Å². The van der Waals surface area contributed by atoms with Gasteiger partial charge in [-0.25, -0.2) is 0 Å². The van der Waals surface area contributed by atoms with Gasteiger partial charge in [0.1, 0.15) is 0 Å². The third-order valence-corrected chi connectivity index (χ3v) is 5.45. The third kappa shape index (κ3) is 2.42. The lowest BCUT2D eigenvalue weighted by molar-refractivity contribution is 0.00578. The Morgan fingerprint density at radius 1 is 0.630 bits per heavy atom. The van der Waals surface area contributed by atoms with Crippen molar-refractivity contribution < 1.29 is 24.4 Å². The van der Waals surface area contributed by atoms with Crippen LogP contribution in [-0.2, 0) is 9.31 Å². The second-order valence-electron chi connectivity index (χ2n) is 7.63. The van der Waals surface area contributed by atoms with E-state index < -0.39 is 78.7 Å². The van der Waals surface area contributed by atoms with Crippen molar-refractivity contribution in [1.29, 1.82) is 0 Å².